The molecular weight excluding hydrogens is 359 g/mol. The Labute approximate surface area is 152 Å². The van der Waals surface area contributed by atoms with E-state index in [4.69, 9.17) is 4.74 Å². The number of anilines is 1. The molecule has 0 saturated carbocycles. The van der Waals surface area contributed by atoms with E-state index in [1.54, 1.807) is 12.1 Å². The second-order valence-electron chi connectivity index (χ2n) is 5.79. The number of carbonyl (C=O) groups excluding carboxylic acids is 1. The number of rotatable bonds is 7. The van der Waals surface area contributed by atoms with Crippen LogP contribution in [0.5, 0.6) is 5.75 Å². The van der Waals surface area contributed by atoms with E-state index < -0.39 is 15.8 Å². The Morgan fingerprint density at radius 3 is 2.50 bits per heavy atom. The smallest absolute Gasteiger partial charge is 0.242 e. The minimum atomic E-state index is -3.59. The Morgan fingerprint density at radius 2 is 1.88 bits per heavy atom. The fraction of sp³-hybridized carbons (Fsp3) is 0.278. The van der Waals surface area contributed by atoms with Crippen molar-refractivity contribution in [3.8, 4) is 5.75 Å². The lowest BCUT2D eigenvalue weighted by atomic mass is 10.1. The van der Waals surface area contributed by atoms with Gasteiger partial charge in [0.25, 0.3) is 0 Å². The maximum absolute atomic E-state index is 13.6. The first-order valence-corrected chi connectivity index (χ1v) is 9.33. The van der Waals surface area contributed by atoms with Gasteiger partial charge < -0.3 is 10.1 Å². The van der Waals surface area contributed by atoms with Gasteiger partial charge in [-0.2, -0.15) is 0 Å². The minimum Gasteiger partial charge on any atom is -0.496 e. The summed E-state index contributed by atoms with van der Waals surface area (Å²) in [5.41, 5.74) is 0.688. The standard InChI is InChI=1S/C18H21FN2O4S/c1-21(2)26(23,24)14-9-10-17(25-3)13(12-14)8-11-18(22)20-16-7-5-4-6-15(16)19/h4-7,9-10,12H,8,11H2,1-3H3,(H,20,22). The molecule has 0 aliphatic carbocycles. The molecule has 8 heteroatoms. The summed E-state index contributed by atoms with van der Waals surface area (Å²) in [5, 5.41) is 2.50. The molecule has 140 valence electrons. The van der Waals surface area contributed by atoms with E-state index in [0.29, 0.717) is 11.3 Å². The third-order valence-electron chi connectivity index (χ3n) is 3.80. The Kier molecular flexibility index (Phi) is 6.33. The van der Waals surface area contributed by atoms with Crippen LogP contribution in [0.25, 0.3) is 0 Å². The van der Waals surface area contributed by atoms with Crippen LogP contribution in [-0.2, 0) is 21.2 Å². The van der Waals surface area contributed by atoms with Crippen LogP contribution in [0.3, 0.4) is 0 Å². The molecule has 1 amide bonds. The molecule has 0 spiro atoms. The maximum Gasteiger partial charge on any atom is 0.242 e. The van der Waals surface area contributed by atoms with Crippen LogP contribution >= 0.6 is 0 Å². The number of para-hydroxylation sites is 1. The second-order valence-corrected chi connectivity index (χ2v) is 7.94. The van der Waals surface area contributed by atoms with Gasteiger partial charge in [-0.3, -0.25) is 4.79 Å². The van der Waals surface area contributed by atoms with Crippen LogP contribution < -0.4 is 10.1 Å². The highest BCUT2D eigenvalue weighted by molar-refractivity contribution is 7.89. The molecule has 0 bridgehead atoms. The molecule has 0 fully saturated rings. The van der Waals surface area contributed by atoms with Crippen LogP contribution in [0.15, 0.2) is 47.4 Å². The van der Waals surface area contributed by atoms with Crippen LogP contribution in [0, 0.1) is 5.82 Å². The van der Waals surface area contributed by atoms with Crippen molar-refractivity contribution in [2.75, 3.05) is 26.5 Å². The summed E-state index contributed by atoms with van der Waals surface area (Å²) in [6.07, 6.45) is 0.302. The number of nitrogens with one attached hydrogen (secondary N) is 1. The van der Waals surface area contributed by atoms with E-state index in [1.807, 2.05) is 0 Å². The van der Waals surface area contributed by atoms with Gasteiger partial charge in [0.05, 0.1) is 17.7 Å². The molecule has 0 aliphatic rings. The molecule has 2 aromatic rings. The number of aryl methyl sites for hydroxylation is 1. The largest absolute Gasteiger partial charge is 0.496 e. The number of hydrogen-bond acceptors (Lipinski definition) is 4. The number of nitrogens with zero attached hydrogens (tertiary/aromatic N) is 1. The Bertz CT molecular complexity index is 898. The van der Waals surface area contributed by atoms with Crippen molar-refractivity contribution in [3.05, 3.63) is 53.8 Å². The maximum atomic E-state index is 13.6. The number of hydrogen-bond donors (Lipinski definition) is 1. The number of benzene rings is 2. The lowest BCUT2D eigenvalue weighted by Crippen LogP contribution is -2.22. The van der Waals surface area contributed by atoms with Crippen LogP contribution in [0.4, 0.5) is 10.1 Å². The quantitative estimate of drug-likeness (QED) is 0.801. The van der Waals surface area contributed by atoms with Gasteiger partial charge in [0, 0.05) is 20.5 Å². The molecule has 0 atom stereocenters. The average Bonchev–Trinajstić information content (AvgIpc) is 2.61. The van der Waals surface area contributed by atoms with Gasteiger partial charge in [-0.1, -0.05) is 12.1 Å². The molecule has 0 radical (unpaired) electrons. The van der Waals surface area contributed by atoms with Crippen molar-refractivity contribution in [2.24, 2.45) is 0 Å². The number of methoxy groups -OCH3 is 1. The van der Waals surface area contributed by atoms with Crippen LogP contribution in [-0.4, -0.2) is 39.8 Å². The first kappa shape index (κ1) is 19.9. The summed E-state index contributed by atoms with van der Waals surface area (Å²) < 4.78 is 44.5. The van der Waals surface area contributed by atoms with Gasteiger partial charge in [-0.15, -0.1) is 0 Å². The highest BCUT2D eigenvalue weighted by atomic mass is 32.2. The highest BCUT2D eigenvalue weighted by Gasteiger charge is 2.19. The third kappa shape index (κ3) is 4.59. The molecule has 0 aromatic heterocycles. The van der Waals surface area contributed by atoms with Gasteiger partial charge >= 0.3 is 0 Å². The topological polar surface area (TPSA) is 75.7 Å². The van der Waals surface area contributed by atoms with Crippen LogP contribution in [0.2, 0.25) is 0 Å². The van der Waals surface area contributed by atoms with Gasteiger partial charge in [0.15, 0.2) is 0 Å². The summed E-state index contributed by atoms with van der Waals surface area (Å²) >= 11 is 0. The molecule has 0 heterocycles. The lowest BCUT2D eigenvalue weighted by Gasteiger charge is -2.14. The van der Waals surface area contributed by atoms with Crippen molar-refractivity contribution >= 4 is 21.6 Å². The normalized spacial score (nSPS) is 11.4. The molecule has 0 saturated heterocycles. The summed E-state index contributed by atoms with van der Waals surface area (Å²) in [6, 6.07) is 10.4. The number of amides is 1. The molecule has 1 N–H and O–H groups in total. The SMILES string of the molecule is COc1ccc(S(=O)(=O)N(C)C)cc1CCC(=O)Nc1ccccc1F. The molecule has 6 nitrogen and oxygen atoms in total. The van der Waals surface area contributed by atoms with Crippen molar-refractivity contribution in [3.63, 3.8) is 0 Å². The highest BCUT2D eigenvalue weighted by Crippen LogP contribution is 2.25. The van der Waals surface area contributed by atoms with E-state index >= 15 is 0 Å². The zero-order chi connectivity index (χ0) is 19.3. The summed E-state index contributed by atoms with van der Waals surface area (Å²) in [7, 11) is 0.772. The summed E-state index contributed by atoms with van der Waals surface area (Å²) in [6.45, 7) is 0. The predicted molar refractivity (Wildman–Crippen MR) is 97.2 cm³/mol. The predicted octanol–water partition coefficient (Wildman–Crippen LogP) is 2.66. The Morgan fingerprint density at radius 1 is 1.19 bits per heavy atom. The van der Waals surface area contributed by atoms with Crippen LogP contribution in [0.1, 0.15) is 12.0 Å². The van der Waals surface area contributed by atoms with Gasteiger partial charge in [0.1, 0.15) is 11.6 Å². The summed E-state index contributed by atoms with van der Waals surface area (Å²) in [5.74, 6) is -0.406. The van der Waals surface area contributed by atoms with Crippen molar-refractivity contribution in [1.82, 2.24) is 4.31 Å². The van der Waals surface area contributed by atoms with E-state index in [2.05, 4.69) is 5.32 Å². The molecule has 2 aromatic carbocycles. The minimum absolute atomic E-state index is 0.0517. The van der Waals surface area contributed by atoms with Crippen molar-refractivity contribution in [1.29, 1.82) is 0 Å². The Hall–Kier alpha value is -2.45. The van der Waals surface area contributed by atoms with E-state index in [0.717, 1.165) is 4.31 Å². The molecule has 26 heavy (non-hydrogen) atoms. The number of sulfonamides is 1. The molecule has 2 rings (SSSR count). The van der Waals surface area contributed by atoms with E-state index in [-0.39, 0.29) is 29.3 Å². The molecule has 0 aliphatic heterocycles. The first-order chi connectivity index (χ1) is 12.3. The zero-order valence-electron chi connectivity index (χ0n) is 14.8. The fourth-order valence-electron chi connectivity index (χ4n) is 2.35. The van der Waals surface area contributed by atoms with Crippen molar-refractivity contribution < 1.29 is 22.3 Å². The average molecular weight is 380 g/mol. The van der Waals surface area contributed by atoms with E-state index in [1.165, 1.54) is 51.5 Å². The summed E-state index contributed by atoms with van der Waals surface area (Å²) in [4.78, 5) is 12.2. The first-order valence-electron chi connectivity index (χ1n) is 7.89. The number of halogens is 1. The Balaban J connectivity index is 2.15. The molecular formula is C18H21FN2O4S. The van der Waals surface area contributed by atoms with Gasteiger partial charge in [0.2, 0.25) is 15.9 Å². The second kappa shape index (κ2) is 8.29. The van der Waals surface area contributed by atoms with Gasteiger partial charge in [-0.25, -0.2) is 17.1 Å². The van der Waals surface area contributed by atoms with E-state index in [9.17, 15) is 17.6 Å². The zero-order valence-corrected chi connectivity index (χ0v) is 15.6. The molecule has 0 unspecified atom stereocenters. The monoisotopic (exact) mass is 380 g/mol. The lowest BCUT2D eigenvalue weighted by molar-refractivity contribution is -0.116. The number of ether oxygens (including phenoxy) is 1. The van der Waals surface area contributed by atoms with Gasteiger partial charge in [-0.05, 0) is 42.3 Å². The fourth-order valence-corrected chi connectivity index (χ4v) is 3.30. The third-order valence-corrected chi connectivity index (χ3v) is 5.61. The van der Waals surface area contributed by atoms with Crippen molar-refractivity contribution in [2.45, 2.75) is 17.7 Å². The number of carbonyl (C=O) groups is 1.